The highest BCUT2D eigenvalue weighted by Gasteiger charge is 2.55. The highest BCUT2D eigenvalue weighted by molar-refractivity contribution is 6.09. The van der Waals surface area contributed by atoms with Gasteiger partial charge < -0.3 is 10.1 Å². The molecular weight excluding hydrogens is 296 g/mol. The minimum Gasteiger partial charge on any atom is -0.464 e. The van der Waals surface area contributed by atoms with E-state index < -0.39 is 17.5 Å². The quantitative estimate of drug-likeness (QED) is 0.510. The van der Waals surface area contributed by atoms with Crippen molar-refractivity contribution in [1.82, 2.24) is 10.2 Å². The van der Waals surface area contributed by atoms with Crippen molar-refractivity contribution in [2.75, 3.05) is 13.2 Å². The minimum absolute atomic E-state index is 0.312. The second-order valence-corrected chi connectivity index (χ2v) is 5.96. The number of imide groups is 1. The zero-order valence-electron chi connectivity index (χ0n) is 13.1. The standard InChI is InChI=1S/C17H20N2O4/c1-2-3-10-23-14(20)11-19-15(21)17(18-16(19)22)9-8-12-6-4-5-7-13(12)17/h4-7H,2-3,8-11H2,1H3,(H,18,22). The highest BCUT2D eigenvalue weighted by Crippen LogP contribution is 2.41. The molecule has 1 atom stereocenters. The van der Waals surface area contributed by atoms with Gasteiger partial charge in [0, 0.05) is 0 Å². The highest BCUT2D eigenvalue weighted by atomic mass is 16.5. The predicted molar refractivity (Wildman–Crippen MR) is 82.6 cm³/mol. The number of carbonyl (C=O) groups is 3. The molecule has 1 saturated heterocycles. The van der Waals surface area contributed by atoms with Crippen molar-refractivity contribution < 1.29 is 19.1 Å². The first-order chi connectivity index (χ1) is 11.1. The van der Waals surface area contributed by atoms with Gasteiger partial charge in [0.2, 0.25) is 0 Å². The van der Waals surface area contributed by atoms with E-state index in [9.17, 15) is 14.4 Å². The molecule has 0 bridgehead atoms. The maximum absolute atomic E-state index is 12.8. The number of aryl methyl sites for hydroxylation is 1. The molecule has 2 aliphatic rings. The lowest BCUT2D eigenvalue weighted by molar-refractivity contribution is -0.148. The van der Waals surface area contributed by atoms with Crippen molar-refractivity contribution in [3.8, 4) is 0 Å². The number of nitrogens with zero attached hydrogens (tertiary/aromatic N) is 1. The summed E-state index contributed by atoms with van der Waals surface area (Å²) >= 11 is 0. The van der Waals surface area contributed by atoms with E-state index in [1.54, 1.807) is 0 Å². The van der Waals surface area contributed by atoms with E-state index in [1.807, 2.05) is 31.2 Å². The van der Waals surface area contributed by atoms with E-state index in [0.717, 1.165) is 35.3 Å². The Hall–Kier alpha value is -2.37. The monoisotopic (exact) mass is 316 g/mol. The number of carbonyl (C=O) groups excluding carboxylic acids is 3. The van der Waals surface area contributed by atoms with Gasteiger partial charge in [0.1, 0.15) is 12.1 Å². The topological polar surface area (TPSA) is 75.7 Å². The molecule has 0 aromatic heterocycles. The van der Waals surface area contributed by atoms with Crippen molar-refractivity contribution in [2.24, 2.45) is 0 Å². The van der Waals surface area contributed by atoms with Crippen LogP contribution in [0.2, 0.25) is 0 Å². The molecule has 1 spiro atoms. The number of hydrogen-bond acceptors (Lipinski definition) is 4. The molecule has 6 nitrogen and oxygen atoms in total. The van der Waals surface area contributed by atoms with E-state index >= 15 is 0 Å². The van der Waals surface area contributed by atoms with E-state index in [2.05, 4.69) is 5.32 Å². The van der Waals surface area contributed by atoms with Gasteiger partial charge in [-0.2, -0.15) is 0 Å². The van der Waals surface area contributed by atoms with E-state index in [4.69, 9.17) is 4.74 Å². The Morgan fingerprint density at radius 3 is 2.91 bits per heavy atom. The molecule has 23 heavy (non-hydrogen) atoms. The summed E-state index contributed by atoms with van der Waals surface area (Å²) in [4.78, 5) is 37.8. The summed E-state index contributed by atoms with van der Waals surface area (Å²) in [5.41, 5.74) is 0.880. The fraction of sp³-hybridized carbons (Fsp3) is 0.471. The average Bonchev–Trinajstić information content (AvgIpc) is 3.02. The van der Waals surface area contributed by atoms with E-state index in [-0.39, 0.29) is 12.5 Å². The number of urea groups is 1. The normalized spacial score (nSPS) is 22.4. The summed E-state index contributed by atoms with van der Waals surface area (Å²) in [5.74, 6) is -0.912. The van der Waals surface area contributed by atoms with Crippen LogP contribution in [-0.2, 0) is 26.3 Å². The number of nitrogens with one attached hydrogen (secondary N) is 1. The summed E-state index contributed by atoms with van der Waals surface area (Å²) < 4.78 is 5.05. The number of esters is 1. The van der Waals surface area contributed by atoms with Crippen LogP contribution in [0, 0.1) is 0 Å². The molecule has 1 fully saturated rings. The molecule has 6 heteroatoms. The van der Waals surface area contributed by atoms with Crippen LogP contribution < -0.4 is 5.32 Å². The maximum atomic E-state index is 12.8. The predicted octanol–water partition coefficient (Wildman–Crippen LogP) is 1.72. The van der Waals surface area contributed by atoms with Crippen LogP contribution in [0.3, 0.4) is 0 Å². The first-order valence-electron chi connectivity index (χ1n) is 7.96. The number of amides is 3. The second-order valence-electron chi connectivity index (χ2n) is 5.96. The molecule has 1 heterocycles. The van der Waals surface area contributed by atoms with Gasteiger partial charge in [0.05, 0.1) is 6.61 Å². The van der Waals surface area contributed by atoms with Gasteiger partial charge in [-0.1, -0.05) is 37.6 Å². The Labute approximate surface area is 134 Å². The van der Waals surface area contributed by atoms with Crippen LogP contribution in [0.5, 0.6) is 0 Å². The van der Waals surface area contributed by atoms with Gasteiger partial charge in [-0.15, -0.1) is 0 Å². The zero-order valence-corrected chi connectivity index (χ0v) is 13.1. The minimum atomic E-state index is -1.02. The largest absolute Gasteiger partial charge is 0.464 e. The molecule has 0 radical (unpaired) electrons. The fourth-order valence-corrected chi connectivity index (χ4v) is 3.24. The first-order valence-corrected chi connectivity index (χ1v) is 7.96. The van der Waals surface area contributed by atoms with Crippen LogP contribution >= 0.6 is 0 Å². The Morgan fingerprint density at radius 1 is 1.35 bits per heavy atom. The molecule has 3 amide bonds. The number of hydrogen-bond donors (Lipinski definition) is 1. The number of ether oxygens (including phenoxy) is 1. The molecule has 1 aliphatic carbocycles. The summed E-state index contributed by atoms with van der Waals surface area (Å²) in [6.45, 7) is 1.97. The molecule has 1 aromatic rings. The summed E-state index contributed by atoms with van der Waals surface area (Å²) in [6, 6.07) is 7.07. The van der Waals surface area contributed by atoms with Crippen molar-refractivity contribution in [2.45, 2.75) is 38.1 Å². The summed E-state index contributed by atoms with van der Waals surface area (Å²) in [7, 11) is 0. The molecule has 1 aromatic carbocycles. The van der Waals surface area contributed by atoms with Crippen LogP contribution in [0.25, 0.3) is 0 Å². The van der Waals surface area contributed by atoms with Crippen LogP contribution in [0.15, 0.2) is 24.3 Å². The van der Waals surface area contributed by atoms with Crippen LogP contribution in [0.4, 0.5) is 4.79 Å². The molecule has 122 valence electrons. The van der Waals surface area contributed by atoms with Gasteiger partial charge in [-0.25, -0.2) is 4.79 Å². The van der Waals surface area contributed by atoms with Crippen molar-refractivity contribution in [3.05, 3.63) is 35.4 Å². The van der Waals surface area contributed by atoms with Gasteiger partial charge in [-0.3, -0.25) is 14.5 Å². The Morgan fingerprint density at radius 2 is 2.13 bits per heavy atom. The number of rotatable bonds is 5. The lowest BCUT2D eigenvalue weighted by Crippen LogP contribution is -2.42. The zero-order chi connectivity index (χ0) is 16.4. The lowest BCUT2D eigenvalue weighted by atomic mass is 9.92. The summed E-state index contributed by atoms with van der Waals surface area (Å²) in [6.07, 6.45) is 2.94. The third-order valence-electron chi connectivity index (χ3n) is 4.47. The van der Waals surface area contributed by atoms with Gasteiger partial charge in [0.25, 0.3) is 5.91 Å². The smallest absolute Gasteiger partial charge is 0.326 e. The molecule has 0 saturated carbocycles. The fourth-order valence-electron chi connectivity index (χ4n) is 3.24. The third kappa shape index (κ3) is 2.58. The number of fused-ring (bicyclic) bond motifs is 2. The molecule has 1 unspecified atom stereocenters. The maximum Gasteiger partial charge on any atom is 0.326 e. The van der Waals surface area contributed by atoms with Crippen LogP contribution in [0.1, 0.15) is 37.3 Å². The van der Waals surface area contributed by atoms with E-state index in [0.29, 0.717) is 13.0 Å². The van der Waals surface area contributed by atoms with Gasteiger partial charge in [0.15, 0.2) is 0 Å². The average molecular weight is 316 g/mol. The SMILES string of the molecule is CCCCOC(=O)CN1C(=O)NC2(CCc3ccccc32)C1=O. The molecule has 1 aliphatic heterocycles. The third-order valence-corrected chi connectivity index (χ3v) is 4.47. The number of benzene rings is 1. The molecular formula is C17H20N2O4. The van der Waals surface area contributed by atoms with Gasteiger partial charge in [-0.05, 0) is 30.4 Å². The Bertz CT molecular complexity index is 658. The molecule has 1 N–H and O–H groups in total. The Kier molecular flexibility index (Phi) is 4.07. The molecule has 3 rings (SSSR count). The van der Waals surface area contributed by atoms with Crippen LogP contribution in [-0.4, -0.2) is 36.0 Å². The lowest BCUT2D eigenvalue weighted by Gasteiger charge is -2.22. The van der Waals surface area contributed by atoms with Gasteiger partial charge >= 0.3 is 12.0 Å². The van der Waals surface area contributed by atoms with Crippen molar-refractivity contribution in [3.63, 3.8) is 0 Å². The van der Waals surface area contributed by atoms with E-state index in [1.165, 1.54) is 0 Å². The number of unbranched alkanes of at least 4 members (excludes halogenated alkanes) is 1. The second kappa shape index (κ2) is 6.02. The summed E-state index contributed by atoms with van der Waals surface area (Å²) in [5, 5.41) is 2.79. The van der Waals surface area contributed by atoms with Crippen molar-refractivity contribution in [1.29, 1.82) is 0 Å². The Balaban J connectivity index is 1.75. The van der Waals surface area contributed by atoms with Crippen molar-refractivity contribution >= 4 is 17.9 Å². The first kappa shape index (κ1) is 15.5.